The number of carboxylic acids is 2. The largest absolute Gasteiger partial charge is 0.481 e. The van der Waals surface area contributed by atoms with Gasteiger partial charge in [-0.25, -0.2) is 4.79 Å². The zero-order valence-electron chi connectivity index (χ0n) is 23.9. The second-order valence-electron chi connectivity index (χ2n) is 10.5. The van der Waals surface area contributed by atoms with E-state index >= 15 is 0 Å². The van der Waals surface area contributed by atoms with Crippen LogP contribution >= 0.6 is 0 Å². The summed E-state index contributed by atoms with van der Waals surface area (Å²) in [6.07, 6.45) is 1.66. The molecule has 0 fully saturated rings. The van der Waals surface area contributed by atoms with Crippen molar-refractivity contribution >= 4 is 57.4 Å². The Morgan fingerprint density at radius 2 is 1.13 bits per heavy atom. The van der Waals surface area contributed by atoms with Gasteiger partial charge in [-0.2, -0.15) is 0 Å². The molecule has 15 heteroatoms. The van der Waals surface area contributed by atoms with E-state index < -0.39 is 72.6 Å². The van der Waals surface area contributed by atoms with Gasteiger partial charge in [0.1, 0.15) is 18.1 Å². The molecule has 15 nitrogen and oxygen atoms in total. The number of para-hydroxylation sites is 2. The van der Waals surface area contributed by atoms with Gasteiger partial charge >= 0.3 is 11.9 Å². The Bertz CT molecular complexity index is 1750. The maximum atomic E-state index is 13.6. The molecule has 0 saturated heterocycles. The maximum Gasteiger partial charge on any atom is 0.326 e. The van der Waals surface area contributed by atoms with Gasteiger partial charge in [-0.1, -0.05) is 36.4 Å². The van der Waals surface area contributed by atoms with Gasteiger partial charge in [0.05, 0.1) is 18.9 Å². The van der Waals surface area contributed by atoms with Crippen molar-refractivity contribution in [2.45, 2.75) is 49.9 Å². The predicted octanol–water partition coefficient (Wildman–Crippen LogP) is -0.349. The number of hydrogen-bond acceptors (Lipinski definition) is 7. The molecule has 0 spiro atoms. The molecule has 4 amide bonds. The molecule has 0 radical (unpaired) electrons. The van der Waals surface area contributed by atoms with Gasteiger partial charge in [-0.3, -0.25) is 24.0 Å². The fraction of sp³-hybridized carbons (Fsp3) is 0.267. The lowest BCUT2D eigenvalue weighted by molar-refractivity contribution is -0.142. The third-order valence-corrected chi connectivity index (χ3v) is 7.22. The molecule has 0 saturated carbocycles. The number of carbonyl (C=O) groups is 6. The topological polar surface area (TPSA) is 263 Å². The summed E-state index contributed by atoms with van der Waals surface area (Å²) in [6.45, 7) is 0. The third-order valence-electron chi connectivity index (χ3n) is 7.22. The van der Waals surface area contributed by atoms with Crippen LogP contribution in [0.25, 0.3) is 21.8 Å². The second-order valence-corrected chi connectivity index (χ2v) is 10.5. The normalized spacial score (nSPS) is 13.8. The van der Waals surface area contributed by atoms with Crippen LogP contribution in [0.15, 0.2) is 60.9 Å². The summed E-state index contributed by atoms with van der Waals surface area (Å²) in [5, 5.41) is 27.6. The lowest BCUT2D eigenvalue weighted by Crippen LogP contribution is -2.58. The highest BCUT2D eigenvalue weighted by atomic mass is 16.4. The summed E-state index contributed by atoms with van der Waals surface area (Å²) in [4.78, 5) is 80.8. The predicted molar refractivity (Wildman–Crippen MR) is 161 cm³/mol. The summed E-state index contributed by atoms with van der Waals surface area (Å²) in [5.41, 5.74) is 13.8. The molecule has 236 valence electrons. The first kappa shape index (κ1) is 32.2. The Morgan fingerprint density at radius 3 is 1.64 bits per heavy atom. The van der Waals surface area contributed by atoms with E-state index in [-0.39, 0.29) is 12.8 Å². The zero-order chi connectivity index (χ0) is 32.7. The number of carboxylic acid groups (broad SMARTS) is 2. The minimum Gasteiger partial charge on any atom is -0.481 e. The number of benzene rings is 2. The highest BCUT2D eigenvalue weighted by Gasteiger charge is 2.32. The monoisotopic (exact) mass is 619 g/mol. The maximum absolute atomic E-state index is 13.6. The molecule has 45 heavy (non-hydrogen) atoms. The van der Waals surface area contributed by atoms with Crippen molar-refractivity contribution in [2.24, 2.45) is 11.5 Å². The summed E-state index contributed by atoms with van der Waals surface area (Å²) >= 11 is 0. The van der Waals surface area contributed by atoms with Crippen molar-refractivity contribution in [2.75, 3.05) is 0 Å². The average molecular weight is 620 g/mol. The summed E-state index contributed by atoms with van der Waals surface area (Å²) in [6, 6.07) is 8.48. The van der Waals surface area contributed by atoms with E-state index in [1.807, 2.05) is 12.1 Å². The van der Waals surface area contributed by atoms with E-state index in [0.717, 1.165) is 21.8 Å². The van der Waals surface area contributed by atoms with Gasteiger partial charge in [0.15, 0.2) is 0 Å². The molecule has 0 aliphatic carbocycles. The number of nitrogens with two attached hydrogens (primary N) is 2. The van der Waals surface area contributed by atoms with Crippen LogP contribution in [-0.2, 0) is 41.6 Å². The first-order valence-corrected chi connectivity index (χ1v) is 13.9. The standard InChI is InChI=1S/C30H33N7O8/c31-19(11-26(39)40)27(41)35-22(9-15-13-33-20-7-3-1-5-17(15)20)28(42)36-23(12-25(32)38)29(43)37-24(30(44)45)10-16-14-34-21-8-4-2-6-18(16)21/h1-8,13-14,19,22-24,33-34H,9-12,31H2,(H2,32,38)(H,35,41)(H,36,42)(H,37,43)(H,39,40)(H,44,45). The van der Waals surface area contributed by atoms with Crippen molar-refractivity contribution < 1.29 is 39.0 Å². The molecule has 2 aromatic carbocycles. The highest BCUT2D eigenvalue weighted by molar-refractivity contribution is 5.97. The van der Waals surface area contributed by atoms with Gasteiger partial charge in [0.2, 0.25) is 23.6 Å². The summed E-state index contributed by atoms with van der Waals surface area (Å²) in [7, 11) is 0. The number of H-pyrrole nitrogens is 2. The summed E-state index contributed by atoms with van der Waals surface area (Å²) in [5.74, 6) is -6.48. The van der Waals surface area contributed by atoms with Crippen LogP contribution in [0.4, 0.5) is 0 Å². The minimum absolute atomic E-state index is 0.107. The van der Waals surface area contributed by atoms with Crippen LogP contribution in [-0.4, -0.2) is 79.9 Å². The Labute approximate surface area is 255 Å². The summed E-state index contributed by atoms with van der Waals surface area (Å²) < 4.78 is 0. The van der Waals surface area contributed by atoms with Gasteiger partial charge in [0.25, 0.3) is 0 Å². The zero-order valence-corrected chi connectivity index (χ0v) is 23.9. The molecule has 4 unspecified atom stereocenters. The molecule has 0 aliphatic rings. The number of nitrogens with one attached hydrogen (secondary N) is 5. The fourth-order valence-corrected chi connectivity index (χ4v) is 4.96. The smallest absolute Gasteiger partial charge is 0.326 e. The number of fused-ring (bicyclic) bond motifs is 2. The van der Waals surface area contributed by atoms with E-state index in [2.05, 4.69) is 25.9 Å². The van der Waals surface area contributed by atoms with E-state index in [0.29, 0.717) is 11.1 Å². The quantitative estimate of drug-likeness (QED) is 0.0841. The van der Waals surface area contributed by atoms with Gasteiger partial charge in [0, 0.05) is 47.0 Å². The van der Waals surface area contributed by atoms with Gasteiger partial charge in [-0.05, 0) is 23.3 Å². The molecule has 0 aliphatic heterocycles. The van der Waals surface area contributed by atoms with Crippen LogP contribution in [0, 0.1) is 0 Å². The number of aromatic nitrogens is 2. The van der Waals surface area contributed by atoms with E-state index in [9.17, 15) is 33.9 Å². The van der Waals surface area contributed by atoms with E-state index in [1.165, 1.54) is 0 Å². The Morgan fingerprint density at radius 1 is 0.667 bits per heavy atom. The van der Waals surface area contributed by atoms with Crippen LogP contribution in [0.2, 0.25) is 0 Å². The average Bonchev–Trinajstić information content (AvgIpc) is 3.59. The van der Waals surface area contributed by atoms with E-state index in [4.69, 9.17) is 16.6 Å². The molecule has 4 aromatic rings. The number of amides is 4. The van der Waals surface area contributed by atoms with Crippen LogP contribution in [0.3, 0.4) is 0 Å². The number of aliphatic carboxylic acids is 2. The molecule has 2 heterocycles. The van der Waals surface area contributed by atoms with Gasteiger partial charge < -0.3 is 47.6 Å². The minimum atomic E-state index is -1.60. The number of carbonyl (C=O) groups excluding carboxylic acids is 4. The molecule has 2 aromatic heterocycles. The number of aromatic amines is 2. The molecule has 0 bridgehead atoms. The third kappa shape index (κ3) is 8.23. The first-order chi connectivity index (χ1) is 21.4. The number of rotatable bonds is 15. The van der Waals surface area contributed by atoms with Crippen LogP contribution in [0.5, 0.6) is 0 Å². The molecule has 11 N–H and O–H groups in total. The Balaban J connectivity index is 1.55. The fourth-order valence-electron chi connectivity index (χ4n) is 4.96. The van der Waals surface area contributed by atoms with Gasteiger partial charge in [-0.15, -0.1) is 0 Å². The van der Waals surface area contributed by atoms with Crippen molar-refractivity contribution in [3.8, 4) is 0 Å². The van der Waals surface area contributed by atoms with E-state index in [1.54, 1.807) is 48.8 Å². The second kappa shape index (κ2) is 14.2. The van der Waals surface area contributed by atoms with Crippen LogP contribution < -0.4 is 27.4 Å². The Kier molecular flexibility index (Phi) is 10.2. The number of primary amides is 1. The number of hydrogen-bond donors (Lipinski definition) is 9. The van der Waals surface area contributed by atoms with Crippen molar-refractivity contribution in [1.82, 2.24) is 25.9 Å². The first-order valence-electron chi connectivity index (χ1n) is 13.9. The molecular weight excluding hydrogens is 586 g/mol. The van der Waals surface area contributed by atoms with Crippen molar-refractivity contribution in [1.29, 1.82) is 0 Å². The molecule has 4 rings (SSSR count). The molecular formula is C30H33N7O8. The van der Waals surface area contributed by atoms with Crippen molar-refractivity contribution in [3.05, 3.63) is 72.1 Å². The Hall–Kier alpha value is -5.70. The lowest BCUT2D eigenvalue weighted by Gasteiger charge is -2.24. The SMILES string of the molecule is NC(=O)CC(NC(=O)C(Cc1c[nH]c2ccccc12)NC(=O)C(N)CC(=O)O)C(=O)NC(Cc1c[nH]c2ccccc12)C(=O)O. The lowest BCUT2D eigenvalue weighted by atomic mass is 10.0. The molecule has 4 atom stereocenters. The highest BCUT2D eigenvalue weighted by Crippen LogP contribution is 2.20. The van der Waals surface area contributed by atoms with Crippen LogP contribution in [0.1, 0.15) is 24.0 Å². The van der Waals surface area contributed by atoms with Crippen molar-refractivity contribution in [3.63, 3.8) is 0 Å².